The van der Waals surface area contributed by atoms with Crippen LogP contribution in [0.15, 0.2) is 18.2 Å². The van der Waals surface area contributed by atoms with Crippen molar-refractivity contribution in [1.82, 2.24) is 5.32 Å². The standard InChI is InChI=1S/C16H20BrClFNO/c1-11-5-7-16(10-17,8-6-11)20-15(21)9-12-13(18)3-2-4-14(12)19/h2-4,11H,5-10H2,1H3,(H,20,21). The summed E-state index contributed by atoms with van der Waals surface area (Å²) >= 11 is 9.49. The molecule has 1 aromatic carbocycles. The maximum Gasteiger partial charge on any atom is 0.225 e. The molecular weight excluding hydrogens is 357 g/mol. The fourth-order valence-electron chi connectivity index (χ4n) is 2.81. The third kappa shape index (κ3) is 4.19. The lowest BCUT2D eigenvalue weighted by Gasteiger charge is -2.39. The van der Waals surface area contributed by atoms with Crippen LogP contribution in [0.5, 0.6) is 0 Å². The molecule has 0 heterocycles. The van der Waals surface area contributed by atoms with E-state index in [9.17, 15) is 9.18 Å². The summed E-state index contributed by atoms with van der Waals surface area (Å²) in [4.78, 5) is 12.3. The number of rotatable bonds is 4. The van der Waals surface area contributed by atoms with Gasteiger partial charge in [-0.15, -0.1) is 0 Å². The number of alkyl halides is 1. The average molecular weight is 377 g/mol. The van der Waals surface area contributed by atoms with Gasteiger partial charge in [-0.05, 0) is 43.7 Å². The van der Waals surface area contributed by atoms with E-state index < -0.39 is 5.82 Å². The number of benzene rings is 1. The van der Waals surface area contributed by atoms with Crippen LogP contribution in [0.25, 0.3) is 0 Å². The molecule has 0 aromatic heterocycles. The van der Waals surface area contributed by atoms with Gasteiger partial charge >= 0.3 is 0 Å². The largest absolute Gasteiger partial charge is 0.350 e. The van der Waals surface area contributed by atoms with Gasteiger partial charge in [-0.3, -0.25) is 4.79 Å². The molecule has 1 N–H and O–H groups in total. The van der Waals surface area contributed by atoms with Crippen molar-refractivity contribution in [2.45, 2.75) is 44.6 Å². The Bertz CT molecular complexity index is 495. The number of carbonyl (C=O) groups is 1. The fraction of sp³-hybridized carbons (Fsp3) is 0.562. The van der Waals surface area contributed by atoms with Gasteiger partial charge in [0.15, 0.2) is 0 Å². The van der Waals surface area contributed by atoms with Crippen molar-refractivity contribution in [1.29, 1.82) is 0 Å². The quantitative estimate of drug-likeness (QED) is 0.771. The highest BCUT2D eigenvalue weighted by Crippen LogP contribution is 2.33. The first kappa shape index (κ1) is 16.8. The topological polar surface area (TPSA) is 29.1 Å². The second-order valence-electron chi connectivity index (χ2n) is 6.02. The van der Waals surface area contributed by atoms with Crippen LogP contribution in [-0.4, -0.2) is 16.8 Å². The molecule has 0 atom stereocenters. The first-order chi connectivity index (χ1) is 9.96. The molecular formula is C16H20BrClFNO. The Hall–Kier alpha value is -0.610. The molecule has 0 unspecified atom stereocenters. The highest BCUT2D eigenvalue weighted by Gasteiger charge is 2.34. The van der Waals surface area contributed by atoms with Gasteiger partial charge < -0.3 is 5.32 Å². The van der Waals surface area contributed by atoms with Crippen LogP contribution < -0.4 is 5.32 Å². The van der Waals surface area contributed by atoms with Crippen molar-refractivity contribution in [3.05, 3.63) is 34.6 Å². The molecule has 0 spiro atoms. The smallest absolute Gasteiger partial charge is 0.225 e. The average Bonchev–Trinajstić information content (AvgIpc) is 2.46. The van der Waals surface area contributed by atoms with E-state index in [0.717, 1.165) is 31.0 Å². The SMILES string of the molecule is CC1CCC(CBr)(NC(=O)Cc2c(F)cccc2Cl)CC1. The van der Waals surface area contributed by atoms with E-state index in [1.54, 1.807) is 12.1 Å². The summed E-state index contributed by atoms with van der Waals surface area (Å²) in [5.74, 6) is 0.105. The number of hydrogen-bond acceptors (Lipinski definition) is 1. The van der Waals surface area contributed by atoms with Gasteiger partial charge in [-0.2, -0.15) is 0 Å². The molecule has 1 saturated carbocycles. The minimum atomic E-state index is -0.428. The molecule has 0 bridgehead atoms. The van der Waals surface area contributed by atoms with E-state index in [1.165, 1.54) is 6.07 Å². The fourth-order valence-corrected chi connectivity index (χ4v) is 3.74. The monoisotopic (exact) mass is 375 g/mol. The minimum Gasteiger partial charge on any atom is -0.350 e. The van der Waals surface area contributed by atoms with E-state index in [0.29, 0.717) is 10.9 Å². The Morgan fingerprint density at radius 2 is 2.14 bits per heavy atom. The van der Waals surface area contributed by atoms with Gasteiger partial charge in [0.2, 0.25) is 5.91 Å². The molecule has 1 amide bonds. The van der Waals surface area contributed by atoms with E-state index >= 15 is 0 Å². The molecule has 2 rings (SSSR count). The maximum atomic E-state index is 13.7. The third-order valence-electron chi connectivity index (χ3n) is 4.29. The van der Waals surface area contributed by atoms with E-state index in [4.69, 9.17) is 11.6 Å². The summed E-state index contributed by atoms with van der Waals surface area (Å²) in [6.45, 7) is 2.24. The highest BCUT2D eigenvalue weighted by molar-refractivity contribution is 9.09. The number of hydrogen-bond donors (Lipinski definition) is 1. The molecule has 1 aliphatic carbocycles. The Balaban J connectivity index is 2.04. The Kier molecular flexibility index (Phi) is 5.67. The zero-order valence-electron chi connectivity index (χ0n) is 12.1. The second kappa shape index (κ2) is 7.10. The van der Waals surface area contributed by atoms with E-state index in [1.807, 2.05) is 0 Å². The van der Waals surface area contributed by atoms with Gasteiger partial charge in [0, 0.05) is 21.5 Å². The summed E-state index contributed by atoms with van der Waals surface area (Å²) in [5, 5.41) is 4.12. The van der Waals surface area contributed by atoms with Gasteiger partial charge in [0.1, 0.15) is 5.82 Å². The van der Waals surface area contributed by atoms with Crippen LogP contribution in [-0.2, 0) is 11.2 Å². The number of amides is 1. The molecule has 1 aromatic rings. The van der Waals surface area contributed by atoms with Crippen LogP contribution in [0.3, 0.4) is 0 Å². The minimum absolute atomic E-state index is 0.0180. The van der Waals surface area contributed by atoms with Crippen LogP contribution in [0.2, 0.25) is 5.02 Å². The normalized spacial score (nSPS) is 25.6. The predicted octanol–water partition coefficient (Wildman–Crippen LogP) is 4.48. The Labute approximate surface area is 138 Å². The van der Waals surface area contributed by atoms with Crippen molar-refractivity contribution < 1.29 is 9.18 Å². The summed E-state index contributed by atoms with van der Waals surface area (Å²) in [5.41, 5.74) is 0.0620. The molecule has 21 heavy (non-hydrogen) atoms. The van der Waals surface area contributed by atoms with Crippen LogP contribution in [0, 0.1) is 11.7 Å². The van der Waals surface area contributed by atoms with E-state index in [2.05, 4.69) is 28.2 Å². The Morgan fingerprint density at radius 1 is 1.48 bits per heavy atom. The molecule has 1 aliphatic rings. The Morgan fingerprint density at radius 3 is 2.71 bits per heavy atom. The zero-order chi connectivity index (χ0) is 15.5. The first-order valence-electron chi connectivity index (χ1n) is 7.25. The number of nitrogens with one attached hydrogen (secondary N) is 1. The van der Waals surface area contributed by atoms with Crippen molar-refractivity contribution in [3.8, 4) is 0 Å². The summed E-state index contributed by atoms with van der Waals surface area (Å²) in [6.07, 6.45) is 4.10. The molecule has 2 nitrogen and oxygen atoms in total. The third-order valence-corrected chi connectivity index (χ3v) is 5.72. The van der Waals surface area contributed by atoms with Crippen LogP contribution in [0.4, 0.5) is 4.39 Å². The van der Waals surface area contributed by atoms with Crippen molar-refractivity contribution in [3.63, 3.8) is 0 Å². The van der Waals surface area contributed by atoms with Gasteiger partial charge in [-0.1, -0.05) is 40.5 Å². The molecule has 116 valence electrons. The lowest BCUT2D eigenvalue weighted by atomic mass is 9.78. The van der Waals surface area contributed by atoms with E-state index in [-0.39, 0.29) is 23.4 Å². The van der Waals surface area contributed by atoms with Gasteiger partial charge in [0.25, 0.3) is 0 Å². The molecule has 0 saturated heterocycles. The molecule has 0 aliphatic heterocycles. The zero-order valence-corrected chi connectivity index (χ0v) is 14.4. The second-order valence-corrected chi connectivity index (χ2v) is 6.99. The molecule has 1 fully saturated rings. The predicted molar refractivity (Wildman–Crippen MR) is 87.4 cm³/mol. The van der Waals surface area contributed by atoms with Gasteiger partial charge in [-0.25, -0.2) is 4.39 Å². The number of halogens is 3. The summed E-state index contributed by atoms with van der Waals surface area (Å²) in [7, 11) is 0. The lowest BCUT2D eigenvalue weighted by Crippen LogP contribution is -2.52. The van der Waals surface area contributed by atoms with Crippen molar-refractivity contribution in [2.24, 2.45) is 5.92 Å². The van der Waals surface area contributed by atoms with Gasteiger partial charge in [0.05, 0.1) is 6.42 Å². The molecule has 0 radical (unpaired) electrons. The highest BCUT2D eigenvalue weighted by atomic mass is 79.9. The number of carbonyl (C=O) groups excluding carboxylic acids is 1. The molecule has 5 heteroatoms. The summed E-state index contributed by atoms with van der Waals surface area (Å²) < 4.78 is 13.7. The summed E-state index contributed by atoms with van der Waals surface area (Å²) in [6, 6.07) is 4.48. The van der Waals surface area contributed by atoms with Crippen LogP contribution >= 0.6 is 27.5 Å². The van der Waals surface area contributed by atoms with Crippen LogP contribution in [0.1, 0.15) is 38.2 Å². The first-order valence-corrected chi connectivity index (χ1v) is 8.75. The van der Waals surface area contributed by atoms with Crippen molar-refractivity contribution in [2.75, 3.05) is 5.33 Å². The lowest BCUT2D eigenvalue weighted by molar-refractivity contribution is -0.122. The van der Waals surface area contributed by atoms with Crippen molar-refractivity contribution >= 4 is 33.4 Å². The maximum absolute atomic E-state index is 13.7.